The van der Waals surface area contributed by atoms with E-state index in [4.69, 9.17) is 4.98 Å². The van der Waals surface area contributed by atoms with E-state index >= 15 is 0 Å². The van der Waals surface area contributed by atoms with Gasteiger partial charge in [0.05, 0.1) is 0 Å². The Morgan fingerprint density at radius 3 is 1.92 bits per heavy atom. The van der Waals surface area contributed by atoms with E-state index in [-0.39, 0.29) is 0 Å². The average molecular weight is 339 g/mol. The van der Waals surface area contributed by atoms with Crippen LogP contribution >= 0.6 is 0 Å². The van der Waals surface area contributed by atoms with Crippen molar-refractivity contribution in [2.75, 3.05) is 5.32 Å². The van der Waals surface area contributed by atoms with Crippen molar-refractivity contribution in [2.24, 2.45) is 0 Å². The number of pyridine rings is 1. The highest BCUT2D eigenvalue weighted by Gasteiger charge is 2.13. The number of hydrogen-bond acceptors (Lipinski definition) is 5. The minimum atomic E-state index is 0.500. The summed E-state index contributed by atoms with van der Waals surface area (Å²) in [6.45, 7) is 0.614. The SMILES string of the molecule is c1ccc(-c2nnc(NCc3ccncc3)nc2-c2ccccc2)cc1. The number of aromatic nitrogens is 4. The van der Waals surface area contributed by atoms with Crippen molar-refractivity contribution in [3.8, 4) is 22.5 Å². The third-order valence-electron chi connectivity index (χ3n) is 3.98. The van der Waals surface area contributed by atoms with E-state index in [2.05, 4.69) is 20.5 Å². The molecule has 0 fully saturated rings. The first-order valence-corrected chi connectivity index (χ1v) is 8.38. The van der Waals surface area contributed by atoms with Gasteiger partial charge in [0.25, 0.3) is 0 Å². The summed E-state index contributed by atoms with van der Waals surface area (Å²) in [5, 5.41) is 12.0. The van der Waals surface area contributed by atoms with Gasteiger partial charge in [-0.15, -0.1) is 10.2 Å². The van der Waals surface area contributed by atoms with Crippen molar-refractivity contribution < 1.29 is 0 Å². The average Bonchev–Trinajstić information content (AvgIpc) is 2.74. The van der Waals surface area contributed by atoms with Gasteiger partial charge in [0.15, 0.2) is 0 Å². The summed E-state index contributed by atoms with van der Waals surface area (Å²) in [5.41, 5.74) is 4.69. The highest BCUT2D eigenvalue weighted by molar-refractivity contribution is 5.77. The smallest absolute Gasteiger partial charge is 0.243 e. The van der Waals surface area contributed by atoms with E-state index in [1.807, 2.05) is 72.8 Å². The van der Waals surface area contributed by atoms with E-state index < -0.39 is 0 Å². The monoisotopic (exact) mass is 339 g/mol. The highest BCUT2D eigenvalue weighted by atomic mass is 15.2. The summed E-state index contributed by atoms with van der Waals surface area (Å²) in [6, 6.07) is 23.9. The maximum atomic E-state index is 4.73. The molecule has 1 N–H and O–H groups in total. The Balaban J connectivity index is 1.70. The maximum Gasteiger partial charge on any atom is 0.243 e. The third kappa shape index (κ3) is 3.57. The number of benzene rings is 2. The summed E-state index contributed by atoms with van der Waals surface area (Å²) < 4.78 is 0. The number of nitrogens with zero attached hydrogens (tertiary/aromatic N) is 4. The molecule has 0 aliphatic rings. The van der Waals surface area contributed by atoms with Gasteiger partial charge < -0.3 is 5.32 Å². The largest absolute Gasteiger partial charge is 0.349 e. The molecule has 0 aliphatic heterocycles. The zero-order chi connectivity index (χ0) is 17.6. The Bertz CT molecular complexity index is 973. The lowest BCUT2D eigenvalue weighted by molar-refractivity contribution is 0.953. The first-order chi connectivity index (χ1) is 12.9. The van der Waals surface area contributed by atoms with Crippen molar-refractivity contribution in [1.82, 2.24) is 20.2 Å². The van der Waals surface area contributed by atoms with E-state index in [1.165, 1.54) is 0 Å². The van der Waals surface area contributed by atoms with Crippen LogP contribution in [0, 0.1) is 0 Å². The Morgan fingerprint density at radius 1 is 0.654 bits per heavy atom. The molecule has 2 heterocycles. The predicted octanol–water partition coefficient (Wildman–Crippen LogP) is 4.21. The molecule has 26 heavy (non-hydrogen) atoms. The molecule has 0 radical (unpaired) electrons. The van der Waals surface area contributed by atoms with Crippen LogP contribution in [0.5, 0.6) is 0 Å². The summed E-state index contributed by atoms with van der Waals surface area (Å²) >= 11 is 0. The lowest BCUT2D eigenvalue weighted by Gasteiger charge is -2.10. The summed E-state index contributed by atoms with van der Waals surface area (Å²) in [4.78, 5) is 8.76. The highest BCUT2D eigenvalue weighted by Crippen LogP contribution is 2.28. The molecule has 4 aromatic rings. The van der Waals surface area contributed by atoms with Gasteiger partial charge in [-0.05, 0) is 17.7 Å². The second kappa shape index (κ2) is 7.53. The molecule has 126 valence electrons. The van der Waals surface area contributed by atoms with Crippen LogP contribution < -0.4 is 5.32 Å². The van der Waals surface area contributed by atoms with Gasteiger partial charge in [-0.2, -0.15) is 0 Å². The minimum Gasteiger partial charge on any atom is -0.349 e. The Hall–Kier alpha value is -3.60. The van der Waals surface area contributed by atoms with Crippen molar-refractivity contribution in [3.63, 3.8) is 0 Å². The van der Waals surface area contributed by atoms with Crippen LogP contribution in [-0.2, 0) is 6.54 Å². The van der Waals surface area contributed by atoms with E-state index in [0.717, 1.165) is 28.1 Å². The third-order valence-corrected chi connectivity index (χ3v) is 3.98. The van der Waals surface area contributed by atoms with Crippen LogP contribution in [0.2, 0.25) is 0 Å². The molecule has 0 saturated heterocycles. The van der Waals surface area contributed by atoms with Gasteiger partial charge in [0.2, 0.25) is 5.95 Å². The second-order valence-electron chi connectivity index (χ2n) is 5.77. The Morgan fingerprint density at radius 2 is 1.27 bits per heavy atom. The zero-order valence-corrected chi connectivity index (χ0v) is 14.1. The molecular formula is C21H17N5. The topological polar surface area (TPSA) is 63.6 Å². The molecule has 4 rings (SSSR count). The fraction of sp³-hybridized carbons (Fsp3) is 0.0476. The van der Waals surface area contributed by atoms with Crippen LogP contribution in [0.4, 0.5) is 5.95 Å². The molecule has 0 spiro atoms. The molecule has 5 nitrogen and oxygen atoms in total. The molecule has 5 heteroatoms. The van der Waals surface area contributed by atoms with Crippen LogP contribution in [0.3, 0.4) is 0 Å². The summed E-state index contributed by atoms with van der Waals surface area (Å²) in [6.07, 6.45) is 3.54. The van der Waals surface area contributed by atoms with Gasteiger partial charge in [-0.1, -0.05) is 60.7 Å². The fourth-order valence-corrected chi connectivity index (χ4v) is 2.67. The molecule has 0 amide bonds. The van der Waals surface area contributed by atoms with Crippen LogP contribution in [0.25, 0.3) is 22.5 Å². The quantitative estimate of drug-likeness (QED) is 0.590. The molecule has 0 unspecified atom stereocenters. The van der Waals surface area contributed by atoms with Crippen molar-refractivity contribution in [3.05, 3.63) is 90.8 Å². The van der Waals surface area contributed by atoms with E-state index in [9.17, 15) is 0 Å². The van der Waals surface area contributed by atoms with Gasteiger partial charge in [0.1, 0.15) is 11.4 Å². The van der Waals surface area contributed by atoms with Crippen molar-refractivity contribution in [1.29, 1.82) is 0 Å². The standard InChI is InChI=1S/C21H17N5/c1-3-7-17(8-4-1)19-20(18-9-5-2-6-10-18)25-26-21(24-19)23-15-16-11-13-22-14-12-16/h1-14H,15H2,(H,23,24,26). The summed E-state index contributed by atoms with van der Waals surface area (Å²) in [7, 11) is 0. The van der Waals surface area contributed by atoms with Crippen molar-refractivity contribution >= 4 is 5.95 Å². The minimum absolute atomic E-state index is 0.500. The molecule has 0 atom stereocenters. The predicted molar refractivity (Wildman–Crippen MR) is 102 cm³/mol. The molecule has 2 aromatic carbocycles. The molecular weight excluding hydrogens is 322 g/mol. The first kappa shape index (κ1) is 15.9. The number of anilines is 1. The van der Waals surface area contributed by atoms with Crippen LogP contribution in [-0.4, -0.2) is 20.2 Å². The summed E-state index contributed by atoms with van der Waals surface area (Å²) in [5.74, 6) is 0.500. The van der Waals surface area contributed by atoms with Crippen LogP contribution in [0.15, 0.2) is 85.2 Å². The van der Waals surface area contributed by atoms with E-state index in [0.29, 0.717) is 12.5 Å². The van der Waals surface area contributed by atoms with Gasteiger partial charge >= 0.3 is 0 Å². The molecule has 0 bridgehead atoms. The molecule has 2 aromatic heterocycles. The Kier molecular flexibility index (Phi) is 4.60. The first-order valence-electron chi connectivity index (χ1n) is 8.38. The zero-order valence-electron chi connectivity index (χ0n) is 14.1. The maximum absolute atomic E-state index is 4.73. The second-order valence-corrected chi connectivity index (χ2v) is 5.77. The molecule has 0 saturated carbocycles. The number of rotatable bonds is 5. The lowest BCUT2D eigenvalue weighted by atomic mass is 10.0. The Labute approximate surface area is 151 Å². The van der Waals surface area contributed by atoms with Gasteiger partial charge in [-0.3, -0.25) is 4.98 Å². The number of hydrogen-bond donors (Lipinski definition) is 1. The van der Waals surface area contributed by atoms with Gasteiger partial charge in [-0.25, -0.2) is 4.98 Å². The number of nitrogens with one attached hydrogen (secondary N) is 1. The van der Waals surface area contributed by atoms with E-state index in [1.54, 1.807) is 12.4 Å². The normalized spacial score (nSPS) is 10.5. The fourth-order valence-electron chi connectivity index (χ4n) is 2.67. The lowest BCUT2D eigenvalue weighted by Crippen LogP contribution is -2.07. The van der Waals surface area contributed by atoms with Gasteiger partial charge in [0, 0.05) is 30.1 Å². The van der Waals surface area contributed by atoms with Crippen LogP contribution in [0.1, 0.15) is 5.56 Å². The van der Waals surface area contributed by atoms with Crippen molar-refractivity contribution in [2.45, 2.75) is 6.54 Å². The molecule has 0 aliphatic carbocycles.